The molecule has 0 aliphatic rings. The third-order valence-corrected chi connectivity index (χ3v) is 11.6. The van der Waals surface area contributed by atoms with E-state index in [2.05, 4.69) is 98.9 Å². The summed E-state index contributed by atoms with van der Waals surface area (Å²) in [6.07, 6.45) is 63.6. The fraction of sp³-hybridized carbons (Fsp3) is 0.717. The highest BCUT2D eigenvalue weighted by Crippen LogP contribution is 2.15. The Bertz CT molecular complexity index is 1400. The van der Waals surface area contributed by atoms with Crippen molar-refractivity contribution in [2.75, 3.05) is 47.5 Å². The lowest BCUT2D eigenvalue weighted by Gasteiger charge is -2.25. The normalized spacial score (nSPS) is 13.5. The molecular formula is C60H104NO8+. The van der Waals surface area contributed by atoms with E-state index in [1.54, 1.807) is 0 Å². The minimum Gasteiger partial charge on any atom is -0.477 e. The standard InChI is InChI=1S/C60H103NO8/c1-6-8-10-12-14-16-18-20-22-24-25-26-27-28-29-30-31-32-33-35-37-39-41-43-45-47-49-51-58(63)69-56(55-68-60(59(64)65)66-53-52-61(3,4)5)54-67-57(62)50-48-46-44-42-40-38-36-34-23-21-19-17-15-13-11-9-7-2/h8,10,14-17,20-23,25-26,28-29,56,60H,6-7,9,11-13,18-19,24,27,30-55H2,1-5H3/p+1/b10-8-,16-14-,17-15-,22-20-,23-21-,26-25-,29-28-. The van der Waals surface area contributed by atoms with Crippen LogP contribution in [0.1, 0.15) is 219 Å². The number of unbranched alkanes of at least 4 members (excludes halogenated alkanes) is 21. The molecular weight excluding hydrogens is 863 g/mol. The number of carbonyl (C=O) groups is 3. The quantitative estimate of drug-likeness (QED) is 0.0211. The van der Waals surface area contributed by atoms with Gasteiger partial charge < -0.3 is 28.5 Å². The first kappa shape index (κ1) is 65.5. The summed E-state index contributed by atoms with van der Waals surface area (Å²) in [5.41, 5.74) is 0. The van der Waals surface area contributed by atoms with Gasteiger partial charge in [0, 0.05) is 12.8 Å². The highest BCUT2D eigenvalue weighted by Gasteiger charge is 2.25. The van der Waals surface area contributed by atoms with Crippen LogP contribution < -0.4 is 0 Å². The van der Waals surface area contributed by atoms with Gasteiger partial charge in [-0.2, -0.15) is 0 Å². The van der Waals surface area contributed by atoms with Gasteiger partial charge in [-0.15, -0.1) is 0 Å². The molecule has 0 aromatic heterocycles. The Kier molecular flexibility index (Phi) is 48.2. The number of carbonyl (C=O) groups excluding carboxylic acids is 2. The van der Waals surface area contributed by atoms with Crippen LogP contribution in [-0.4, -0.2) is 87.4 Å². The Labute approximate surface area is 423 Å². The van der Waals surface area contributed by atoms with Crippen LogP contribution in [0.3, 0.4) is 0 Å². The minimum atomic E-state index is -1.52. The van der Waals surface area contributed by atoms with E-state index >= 15 is 0 Å². The van der Waals surface area contributed by atoms with Crippen LogP contribution in [0.25, 0.3) is 0 Å². The second kappa shape index (κ2) is 50.8. The molecule has 0 amide bonds. The lowest BCUT2D eigenvalue weighted by atomic mass is 10.0. The van der Waals surface area contributed by atoms with Crippen molar-refractivity contribution >= 4 is 17.9 Å². The smallest absolute Gasteiger partial charge is 0.361 e. The van der Waals surface area contributed by atoms with Crippen LogP contribution in [0.5, 0.6) is 0 Å². The summed E-state index contributed by atoms with van der Waals surface area (Å²) in [5.74, 6) is -2.02. The van der Waals surface area contributed by atoms with Gasteiger partial charge in [-0.1, -0.05) is 202 Å². The molecule has 0 radical (unpaired) electrons. The van der Waals surface area contributed by atoms with Crippen LogP contribution in [0, 0.1) is 0 Å². The second-order valence-electron chi connectivity index (χ2n) is 19.5. The predicted octanol–water partition coefficient (Wildman–Crippen LogP) is 16.0. The first-order chi connectivity index (χ1) is 33.6. The van der Waals surface area contributed by atoms with Gasteiger partial charge in [0.15, 0.2) is 6.10 Å². The van der Waals surface area contributed by atoms with Gasteiger partial charge in [-0.25, -0.2) is 4.79 Å². The lowest BCUT2D eigenvalue weighted by molar-refractivity contribution is -0.870. The van der Waals surface area contributed by atoms with Crippen LogP contribution in [-0.2, 0) is 33.3 Å². The highest BCUT2D eigenvalue weighted by atomic mass is 16.7. The Morgan fingerprint density at radius 2 is 0.826 bits per heavy atom. The van der Waals surface area contributed by atoms with Gasteiger partial charge in [0.05, 0.1) is 34.4 Å². The molecule has 0 fully saturated rings. The number of ether oxygens (including phenoxy) is 4. The number of hydrogen-bond donors (Lipinski definition) is 1. The van der Waals surface area contributed by atoms with Crippen molar-refractivity contribution in [2.45, 2.75) is 232 Å². The van der Waals surface area contributed by atoms with Crippen molar-refractivity contribution in [3.05, 3.63) is 85.1 Å². The molecule has 0 aliphatic carbocycles. The number of esters is 2. The summed E-state index contributed by atoms with van der Waals surface area (Å²) in [5, 5.41) is 9.69. The van der Waals surface area contributed by atoms with E-state index in [1.807, 2.05) is 21.1 Å². The molecule has 0 saturated carbocycles. The minimum absolute atomic E-state index is 0.182. The van der Waals surface area contributed by atoms with E-state index in [0.29, 0.717) is 17.4 Å². The topological polar surface area (TPSA) is 108 Å². The monoisotopic (exact) mass is 967 g/mol. The van der Waals surface area contributed by atoms with Crippen LogP contribution in [0.4, 0.5) is 0 Å². The zero-order valence-corrected chi connectivity index (χ0v) is 44.9. The average molecular weight is 967 g/mol. The Balaban J connectivity index is 4.28. The molecule has 0 spiro atoms. The summed E-state index contributed by atoms with van der Waals surface area (Å²) < 4.78 is 22.8. The summed E-state index contributed by atoms with van der Waals surface area (Å²) in [7, 11) is 5.96. The van der Waals surface area contributed by atoms with Crippen molar-refractivity contribution in [1.29, 1.82) is 0 Å². The second-order valence-corrected chi connectivity index (χ2v) is 19.5. The van der Waals surface area contributed by atoms with Crippen molar-refractivity contribution in [2.24, 2.45) is 0 Å². The first-order valence-corrected chi connectivity index (χ1v) is 27.8. The van der Waals surface area contributed by atoms with Crippen molar-refractivity contribution in [3.8, 4) is 0 Å². The zero-order valence-electron chi connectivity index (χ0n) is 44.9. The Morgan fingerprint density at radius 3 is 1.23 bits per heavy atom. The number of carboxylic acids is 1. The molecule has 69 heavy (non-hydrogen) atoms. The highest BCUT2D eigenvalue weighted by molar-refractivity contribution is 5.71. The number of aliphatic carboxylic acids is 1. The van der Waals surface area contributed by atoms with Crippen molar-refractivity contribution in [1.82, 2.24) is 0 Å². The summed E-state index contributed by atoms with van der Waals surface area (Å²) >= 11 is 0. The van der Waals surface area contributed by atoms with E-state index in [9.17, 15) is 19.5 Å². The van der Waals surface area contributed by atoms with Crippen LogP contribution >= 0.6 is 0 Å². The third-order valence-electron chi connectivity index (χ3n) is 11.6. The molecule has 2 atom stereocenters. The number of nitrogens with zero attached hydrogens (tertiary/aromatic N) is 1. The third kappa shape index (κ3) is 52.1. The fourth-order valence-electron chi connectivity index (χ4n) is 7.36. The van der Waals surface area contributed by atoms with Gasteiger partial charge in [0.2, 0.25) is 0 Å². The SMILES string of the molecule is CC/C=C\C/C=C\C/C=C\C/C=C\C/C=C\CCCCCCCCCCCCCC(=O)OC(COC(=O)CCCCCCCCC/C=C\C/C=C\CCCCC)COC(OCC[N+](C)(C)C)C(=O)O. The van der Waals surface area contributed by atoms with Crippen LogP contribution in [0.2, 0.25) is 0 Å². The molecule has 0 aliphatic heterocycles. The number of rotatable bonds is 50. The number of quaternary nitrogens is 1. The number of likely N-dealkylation sites (N-methyl/N-ethyl adjacent to an activating group) is 1. The van der Waals surface area contributed by atoms with Gasteiger partial charge in [0.1, 0.15) is 13.2 Å². The molecule has 396 valence electrons. The molecule has 0 bridgehead atoms. The largest absolute Gasteiger partial charge is 0.477 e. The van der Waals surface area contributed by atoms with Crippen molar-refractivity contribution < 1.29 is 42.9 Å². The summed E-state index contributed by atoms with van der Waals surface area (Å²) in [4.78, 5) is 37.4. The average Bonchev–Trinajstić information content (AvgIpc) is 3.31. The van der Waals surface area contributed by atoms with E-state index in [4.69, 9.17) is 18.9 Å². The van der Waals surface area contributed by atoms with Crippen molar-refractivity contribution in [3.63, 3.8) is 0 Å². The molecule has 9 nitrogen and oxygen atoms in total. The van der Waals surface area contributed by atoms with E-state index < -0.39 is 24.3 Å². The maximum Gasteiger partial charge on any atom is 0.361 e. The summed E-state index contributed by atoms with van der Waals surface area (Å²) in [6.45, 7) is 4.72. The number of hydrogen-bond acceptors (Lipinski definition) is 7. The van der Waals surface area contributed by atoms with Gasteiger partial charge in [-0.05, 0) is 89.9 Å². The van der Waals surface area contributed by atoms with Gasteiger partial charge >= 0.3 is 17.9 Å². The predicted molar refractivity (Wildman–Crippen MR) is 290 cm³/mol. The molecule has 9 heteroatoms. The van der Waals surface area contributed by atoms with E-state index in [1.165, 1.54) is 89.9 Å². The lowest BCUT2D eigenvalue weighted by Crippen LogP contribution is -2.40. The maximum absolute atomic E-state index is 12.9. The molecule has 0 rings (SSSR count). The van der Waals surface area contributed by atoms with Crippen LogP contribution in [0.15, 0.2) is 85.1 Å². The molecule has 0 heterocycles. The maximum atomic E-state index is 12.9. The fourth-order valence-corrected chi connectivity index (χ4v) is 7.36. The molecule has 2 unspecified atom stereocenters. The Morgan fingerprint density at radius 1 is 0.449 bits per heavy atom. The molecule has 0 aromatic rings. The molecule has 0 saturated heterocycles. The van der Waals surface area contributed by atoms with Gasteiger partial charge in [-0.3, -0.25) is 9.59 Å². The van der Waals surface area contributed by atoms with Gasteiger partial charge in [0.25, 0.3) is 6.29 Å². The Hall–Kier alpha value is -3.53. The first-order valence-electron chi connectivity index (χ1n) is 27.8. The summed E-state index contributed by atoms with van der Waals surface area (Å²) in [6, 6.07) is 0. The zero-order chi connectivity index (χ0) is 50.6. The van der Waals surface area contributed by atoms with E-state index in [-0.39, 0.29) is 38.6 Å². The number of allylic oxidation sites excluding steroid dienone is 14. The van der Waals surface area contributed by atoms with E-state index in [0.717, 1.165) is 96.3 Å². The molecule has 0 aromatic carbocycles. The number of carboxylic acid groups (broad SMARTS) is 1. The molecule has 1 N–H and O–H groups in total.